The van der Waals surface area contributed by atoms with Gasteiger partial charge in [-0.25, -0.2) is 4.98 Å². The van der Waals surface area contributed by atoms with Crippen LogP contribution in [-0.4, -0.2) is 28.9 Å². The van der Waals surface area contributed by atoms with Gasteiger partial charge in [0.05, 0.1) is 0 Å². The van der Waals surface area contributed by atoms with E-state index in [4.69, 9.17) is 10.2 Å². The number of furan rings is 1. The average molecular weight is 355 g/mol. The Morgan fingerprint density at radius 1 is 1.24 bits per heavy atom. The van der Waals surface area contributed by atoms with Gasteiger partial charge in [0.1, 0.15) is 11.5 Å². The zero-order chi connectivity index (χ0) is 17.6. The zero-order valence-electron chi connectivity index (χ0n) is 14.1. The predicted molar refractivity (Wildman–Crippen MR) is 99.4 cm³/mol. The summed E-state index contributed by atoms with van der Waals surface area (Å²) in [6, 6.07) is 13.7. The lowest BCUT2D eigenvalue weighted by Gasteiger charge is -2.21. The smallest absolute Gasteiger partial charge is 0.273 e. The summed E-state index contributed by atoms with van der Waals surface area (Å²) < 4.78 is 5.59. The first kappa shape index (κ1) is 17.4. The molecule has 1 aromatic carbocycles. The molecule has 0 unspecified atom stereocenters. The number of benzene rings is 1. The number of rotatable bonds is 7. The Morgan fingerprint density at radius 2 is 2.04 bits per heavy atom. The fourth-order valence-corrected chi connectivity index (χ4v) is 3.29. The van der Waals surface area contributed by atoms with Crippen molar-refractivity contribution >= 4 is 17.2 Å². The van der Waals surface area contributed by atoms with Gasteiger partial charge in [0.15, 0.2) is 10.8 Å². The van der Waals surface area contributed by atoms with Crippen molar-refractivity contribution in [1.82, 2.24) is 9.88 Å². The summed E-state index contributed by atoms with van der Waals surface area (Å²) in [5, 5.41) is 2.51. The number of nitrogens with zero attached hydrogens (tertiary/aromatic N) is 2. The van der Waals surface area contributed by atoms with Crippen molar-refractivity contribution in [2.24, 2.45) is 5.73 Å². The molecule has 130 valence electrons. The number of amides is 1. The van der Waals surface area contributed by atoms with Gasteiger partial charge >= 0.3 is 0 Å². The summed E-state index contributed by atoms with van der Waals surface area (Å²) in [4.78, 5) is 19.2. The second-order valence-corrected chi connectivity index (χ2v) is 6.66. The highest BCUT2D eigenvalue weighted by Gasteiger charge is 2.20. The van der Waals surface area contributed by atoms with E-state index in [-0.39, 0.29) is 5.91 Å². The van der Waals surface area contributed by atoms with Crippen LogP contribution in [0, 0.1) is 6.92 Å². The summed E-state index contributed by atoms with van der Waals surface area (Å²) in [5.74, 6) is 1.44. The molecule has 0 aliphatic heterocycles. The molecule has 0 aliphatic rings. The summed E-state index contributed by atoms with van der Waals surface area (Å²) in [5.41, 5.74) is 7.16. The maximum absolute atomic E-state index is 12.9. The molecule has 3 rings (SSSR count). The standard InChI is InChI=1S/C19H21N3O2S/c1-14-8-9-17(24-14)18-21-16(13-25-18)19(23)22(11-5-10-20)12-15-6-3-2-4-7-15/h2-4,6-9,13H,5,10-12,20H2,1H3. The van der Waals surface area contributed by atoms with Crippen molar-refractivity contribution < 1.29 is 9.21 Å². The third-order valence-corrected chi connectivity index (χ3v) is 4.67. The van der Waals surface area contributed by atoms with Crippen LogP contribution in [0.4, 0.5) is 0 Å². The van der Waals surface area contributed by atoms with Crippen molar-refractivity contribution in [2.75, 3.05) is 13.1 Å². The summed E-state index contributed by atoms with van der Waals surface area (Å²) >= 11 is 1.41. The second kappa shape index (κ2) is 8.09. The summed E-state index contributed by atoms with van der Waals surface area (Å²) in [6.45, 7) is 3.59. The Hall–Kier alpha value is -2.44. The molecule has 0 bridgehead atoms. The molecule has 0 atom stereocenters. The van der Waals surface area contributed by atoms with E-state index in [1.807, 2.05) is 49.4 Å². The molecular weight excluding hydrogens is 334 g/mol. The minimum atomic E-state index is -0.0805. The number of aromatic nitrogens is 1. The third kappa shape index (κ3) is 4.35. The topological polar surface area (TPSA) is 72.4 Å². The Labute approximate surface area is 151 Å². The predicted octanol–water partition coefficient (Wildman–Crippen LogP) is 3.70. The van der Waals surface area contributed by atoms with E-state index in [1.54, 1.807) is 10.3 Å². The van der Waals surface area contributed by atoms with E-state index >= 15 is 0 Å². The van der Waals surface area contributed by atoms with Crippen molar-refractivity contribution in [3.05, 3.63) is 64.9 Å². The highest BCUT2D eigenvalue weighted by atomic mass is 32.1. The molecule has 0 aliphatic carbocycles. The molecule has 0 spiro atoms. The Balaban J connectivity index is 1.78. The van der Waals surface area contributed by atoms with Crippen molar-refractivity contribution in [3.8, 4) is 10.8 Å². The molecule has 0 saturated heterocycles. The van der Waals surface area contributed by atoms with Gasteiger partial charge < -0.3 is 15.1 Å². The largest absolute Gasteiger partial charge is 0.459 e. The lowest BCUT2D eigenvalue weighted by Crippen LogP contribution is -2.32. The Morgan fingerprint density at radius 3 is 2.72 bits per heavy atom. The van der Waals surface area contributed by atoms with E-state index in [2.05, 4.69) is 4.98 Å². The molecular formula is C19H21N3O2S. The first-order chi connectivity index (χ1) is 12.2. The molecule has 2 heterocycles. The van der Waals surface area contributed by atoms with E-state index in [9.17, 15) is 4.79 Å². The van der Waals surface area contributed by atoms with Gasteiger partial charge in [0.2, 0.25) is 0 Å². The van der Waals surface area contributed by atoms with Gasteiger partial charge in [0, 0.05) is 18.5 Å². The second-order valence-electron chi connectivity index (χ2n) is 5.80. The first-order valence-electron chi connectivity index (χ1n) is 8.23. The number of carbonyl (C=O) groups excluding carboxylic acids is 1. The maximum atomic E-state index is 12.9. The van der Waals surface area contributed by atoms with Gasteiger partial charge in [-0.3, -0.25) is 4.79 Å². The highest BCUT2D eigenvalue weighted by Crippen LogP contribution is 2.26. The number of aryl methyl sites for hydroxylation is 1. The quantitative estimate of drug-likeness (QED) is 0.701. The van der Waals surface area contributed by atoms with Crippen LogP contribution in [-0.2, 0) is 6.54 Å². The van der Waals surface area contributed by atoms with E-state index in [0.29, 0.717) is 31.1 Å². The number of hydrogen-bond acceptors (Lipinski definition) is 5. The van der Waals surface area contributed by atoms with Gasteiger partial charge in [0.25, 0.3) is 5.91 Å². The van der Waals surface area contributed by atoms with E-state index in [1.165, 1.54) is 11.3 Å². The van der Waals surface area contributed by atoms with E-state index in [0.717, 1.165) is 22.8 Å². The van der Waals surface area contributed by atoms with Crippen LogP contribution < -0.4 is 5.73 Å². The minimum absolute atomic E-state index is 0.0805. The molecule has 2 N–H and O–H groups in total. The van der Waals surface area contributed by atoms with Gasteiger partial charge in [-0.1, -0.05) is 30.3 Å². The molecule has 0 saturated carbocycles. The molecule has 5 nitrogen and oxygen atoms in total. The Bertz CT molecular complexity index is 826. The van der Waals surface area contributed by atoms with Gasteiger partial charge in [-0.15, -0.1) is 11.3 Å². The summed E-state index contributed by atoms with van der Waals surface area (Å²) in [6.07, 6.45) is 0.757. The molecule has 2 aromatic heterocycles. The number of thiazole rings is 1. The molecule has 0 radical (unpaired) electrons. The number of hydrogen-bond donors (Lipinski definition) is 1. The maximum Gasteiger partial charge on any atom is 0.273 e. The number of carbonyl (C=O) groups is 1. The zero-order valence-corrected chi connectivity index (χ0v) is 15.0. The van der Waals surface area contributed by atoms with Crippen molar-refractivity contribution in [2.45, 2.75) is 19.9 Å². The van der Waals surface area contributed by atoms with Crippen LogP contribution in [0.3, 0.4) is 0 Å². The highest BCUT2D eigenvalue weighted by molar-refractivity contribution is 7.13. The molecule has 3 aromatic rings. The van der Waals surface area contributed by atoms with Crippen LogP contribution in [0.15, 0.2) is 52.3 Å². The average Bonchev–Trinajstić information content (AvgIpc) is 3.28. The monoisotopic (exact) mass is 355 g/mol. The third-order valence-electron chi connectivity index (χ3n) is 3.81. The van der Waals surface area contributed by atoms with Crippen LogP contribution in [0.25, 0.3) is 10.8 Å². The lowest BCUT2D eigenvalue weighted by molar-refractivity contribution is 0.0737. The van der Waals surface area contributed by atoms with Gasteiger partial charge in [-0.05, 0) is 37.6 Å². The minimum Gasteiger partial charge on any atom is -0.459 e. The fourth-order valence-electron chi connectivity index (χ4n) is 2.53. The van der Waals surface area contributed by atoms with Crippen LogP contribution >= 0.6 is 11.3 Å². The fraction of sp³-hybridized carbons (Fsp3) is 0.263. The summed E-state index contributed by atoms with van der Waals surface area (Å²) in [7, 11) is 0. The Kier molecular flexibility index (Phi) is 5.63. The van der Waals surface area contributed by atoms with E-state index < -0.39 is 0 Å². The molecule has 0 fully saturated rings. The lowest BCUT2D eigenvalue weighted by atomic mass is 10.2. The molecule has 25 heavy (non-hydrogen) atoms. The normalized spacial score (nSPS) is 10.8. The number of nitrogens with two attached hydrogens (primary N) is 1. The van der Waals surface area contributed by atoms with Gasteiger partial charge in [-0.2, -0.15) is 0 Å². The SMILES string of the molecule is Cc1ccc(-c2nc(C(=O)N(CCCN)Cc3ccccc3)cs2)o1. The van der Waals surface area contributed by atoms with Crippen LogP contribution in [0.1, 0.15) is 28.2 Å². The molecule has 6 heteroatoms. The van der Waals surface area contributed by atoms with Crippen molar-refractivity contribution in [1.29, 1.82) is 0 Å². The van der Waals surface area contributed by atoms with Crippen LogP contribution in [0.2, 0.25) is 0 Å². The molecule has 1 amide bonds. The van der Waals surface area contributed by atoms with Crippen LogP contribution in [0.5, 0.6) is 0 Å². The first-order valence-corrected chi connectivity index (χ1v) is 9.11. The van der Waals surface area contributed by atoms with Crippen molar-refractivity contribution in [3.63, 3.8) is 0 Å².